The van der Waals surface area contributed by atoms with Gasteiger partial charge in [0.05, 0.1) is 9.48 Å². The van der Waals surface area contributed by atoms with E-state index in [9.17, 15) is 0 Å². The van der Waals surface area contributed by atoms with Crippen LogP contribution in [0.15, 0.2) is 13.3 Å². The summed E-state index contributed by atoms with van der Waals surface area (Å²) in [4.78, 5) is 6.88. The third-order valence-electron chi connectivity index (χ3n) is 2.93. The van der Waals surface area contributed by atoms with E-state index in [1.54, 1.807) is 11.3 Å². The van der Waals surface area contributed by atoms with Gasteiger partial charge in [0, 0.05) is 12.0 Å². The maximum Gasteiger partial charge on any atom is 0.216 e. The van der Waals surface area contributed by atoms with Crippen molar-refractivity contribution in [2.45, 2.75) is 48.6 Å². The van der Waals surface area contributed by atoms with Gasteiger partial charge in [0.2, 0.25) is 5.16 Å². The van der Waals surface area contributed by atoms with Gasteiger partial charge < -0.3 is 4.90 Å². The van der Waals surface area contributed by atoms with Crippen LogP contribution in [0.3, 0.4) is 0 Å². The molecule has 0 bridgehead atoms. The number of rotatable bonds is 6. The summed E-state index contributed by atoms with van der Waals surface area (Å²) >= 11 is 6.76. The lowest BCUT2D eigenvalue weighted by molar-refractivity contribution is 0.373. The second-order valence-electron chi connectivity index (χ2n) is 6.30. The van der Waals surface area contributed by atoms with Crippen molar-refractivity contribution in [1.29, 1.82) is 0 Å². The van der Waals surface area contributed by atoms with Gasteiger partial charge in [-0.15, -0.1) is 5.10 Å². The lowest BCUT2D eigenvalue weighted by Crippen LogP contribution is -2.15. The number of hydrogen-bond acceptors (Lipinski definition) is 7. The van der Waals surface area contributed by atoms with Crippen molar-refractivity contribution in [2.24, 2.45) is 0 Å². The topological polar surface area (TPSA) is 59.7 Å². The first-order valence-corrected chi connectivity index (χ1v) is 9.45. The molecular formula is C13H21BrN6S2. The molecule has 6 nitrogen and oxygen atoms in total. The Labute approximate surface area is 147 Å². The fourth-order valence-corrected chi connectivity index (χ4v) is 5.26. The van der Waals surface area contributed by atoms with E-state index in [4.69, 9.17) is 4.98 Å². The number of aryl methyl sites for hydroxylation is 1. The normalized spacial score (nSPS) is 12.3. The van der Waals surface area contributed by atoms with Gasteiger partial charge in [-0.3, -0.25) is 0 Å². The Balaban J connectivity index is 2.07. The lowest BCUT2D eigenvalue weighted by atomic mass is 9.93. The van der Waals surface area contributed by atoms with Crippen LogP contribution in [-0.4, -0.2) is 50.7 Å². The highest BCUT2D eigenvalue weighted by Gasteiger charge is 2.23. The molecule has 2 rings (SSSR count). The van der Waals surface area contributed by atoms with Gasteiger partial charge in [-0.25, -0.2) is 9.67 Å². The molecule has 0 spiro atoms. The second kappa shape index (κ2) is 7.37. The van der Waals surface area contributed by atoms with Gasteiger partial charge in [0.25, 0.3) is 0 Å². The highest BCUT2D eigenvalue weighted by Crippen LogP contribution is 2.39. The molecule has 2 aromatic rings. The van der Waals surface area contributed by atoms with Crippen LogP contribution in [-0.2, 0) is 12.0 Å². The lowest BCUT2D eigenvalue weighted by Gasteiger charge is -2.15. The quantitative estimate of drug-likeness (QED) is 0.735. The summed E-state index contributed by atoms with van der Waals surface area (Å²) in [7, 11) is 4.13. The van der Waals surface area contributed by atoms with Crippen molar-refractivity contribution in [2.75, 3.05) is 20.6 Å². The molecule has 9 heteroatoms. The van der Waals surface area contributed by atoms with Crippen LogP contribution in [0.4, 0.5) is 0 Å². The minimum absolute atomic E-state index is 0.0196. The van der Waals surface area contributed by atoms with E-state index in [1.807, 2.05) is 4.68 Å². The minimum Gasteiger partial charge on any atom is -0.309 e. The van der Waals surface area contributed by atoms with Crippen molar-refractivity contribution in [3.8, 4) is 0 Å². The predicted octanol–water partition coefficient (Wildman–Crippen LogP) is 3.29. The van der Waals surface area contributed by atoms with Gasteiger partial charge in [-0.05, 0) is 65.2 Å². The molecule has 0 radical (unpaired) electrons. The Morgan fingerprint density at radius 2 is 2.05 bits per heavy atom. The van der Waals surface area contributed by atoms with E-state index in [0.717, 1.165) is 38.5 Å². The van der Waals surface area contributed by atoms with Gasteiger partial charge in [-0.1, -0.05) is 32.1 Å². The Morgan fingerprint density at radius 3 is 2.64 bits per heavy atom. The zero-order chi connectivity index (χ0) is 16.3. The van der Waals surface area contributed by atoms with Crippen LogP contribution in [0.1, 0.15) is 32.9 Å². The molecule has 0 atom stereocenters. The third-order valence-corrected chi connectivity index (χ3v) is 5.67. The zero-order valence-electron chi connectivity index (χ0n) is 13.5. The molecule has 0 saturated carbocycles. The standard InChI is InChI=1S/C13H21BrN6S2/c1-13(2,3)9-10(14)21-12(15-9)22-11-16-17-18-20(11)8-6-7-19(4)5/h6-8H2,1-5H3. The number of aromatic nitrogens is 5. The Morgan fingerprint density at radius 1 is 1.32 bits per heavy atom. The molecule has 0 saturated heterocycles. The van der Waals surface area contributed by atoms with E-state index >= 15 is 0 Å². The van der Waals surface area contributed by atoms with Crippen molar-refractivity contribution >= 4 is 39.0 Å². The first-order chi connectivity index (χ1) is 10.3. The average molecular weight is 405 g/mol. The molecule has 0 amide bonds. The van der Waals surface area contributed by atoms with Gasteiger partial charge in [0.1, 0.15) is 0 Å². The predicted molar refractivity (Wildman–Crippen MR) is 93.6 cm³/mol. The summed E-state index contributed by atoms with van der Waals surface area (Å²) in [5.41, 5.74) is 1.10. The molecule has 2 aromatic heterocycles. The minimum atomic E-state index is 0.0196. The fourth-order valence-electron chi connectivity index (χ4n) is 1.81. The second-order valence-corrected chi connectivity index (χ2v) is 9.83. The molecule has 0 aliphatic rings. The largest absolute Gasteiger partial charge is 0.309 e. The van der Waals surface area contributed by atoms with Crippen LogP contribution in [0.5, 0.6) is 0 Å². The van der Waals surface area contributed by atoms with Crippen molar-refractivity contribution in [1.82, 2.24) is 30.1 Å². The molecule has 0 aromatic carbocycles. The summed E-state index contributed by atoms with van der Waals surface area (Å²) in [5.74, 6) is 0. The van der Waals surface area contributed by atoms with Gasteiger partial charge in [0.15, 0.2) is 4.34 Å². The smallest absolute Gasteiger partial charge is 0.216 e. The molecular weight excluding hydrogens is 384 g/mol. The molecule has 22 heavy (non-hydrogen) atoms. The first-order valence-electron chi connectivity index (χ1n) is 7.03. The molecule has 0 aliphatic heterocycles. The number of tetrazole rings is 1. The Kier molecular flexibility index (Phi) is 5.98. The maximum atomic E-state index is 4.72. The Bertz CT molecular complexity index is 616. The highest BCUT2D eigenvalue weighted by molar-refractivity contribution is 9.11. The monoisotopic (exact) mass is 404 g/mol. The molecule has 0 aliphatic carbocycles. The number of halogens is 1. The van der Waals surface area contributed by atoms with E-state index in [-0.39, 0.29) is 5.41 Å². The van der Waals surface area contributed by atoms with Crippen LogP contribution >= 0.6 is 39.0 Å². The molecule has 0 unspecified atom stereocenters. The van der Waals surface area contributed by atoms with Crippen LogP contribution in [0, 0.1) is 0 Å². The van der Waals surface area contributed by atoms with Crippen molar-refractivity contribution in [3.63, 3.8) is 0 Å². The average Bonchev–Trinajstić information content (AvgIpc) is 2.96. The van der Waals surface area contributed by atoms with Crippen LogP contribution < -0.4 is 0 Å². The van der Waals surface area contributed by atoms with E-state index < -0.39 is 0 Å². The summed E-state index contributed by atoms with van der Waals surface area (Å²) < 4.78 is 3.88. The molecule has 0 fully saturated rings. The summed E-state index contributed by atoms with van der Waals surface area (Å²) in [6.07, 6.45) is 1.01. The van der Waals surface area contributed by atoms with E-state index in [1.165, 1.54) is 11.8 Å². The molecule has 122 valence electrons. The Hall–Kier alpha value is -0.510. The number of nitrogens with zero attached hydrogens (tertiary/aromatic N) is 6. The number of hydrogen-bond donors (Lipinski definition) is 0. The first kappa shape index (κ1) is 17.8. The number of thiazole rings is 1. The SMILES string of the molecule is CN(C)CCCn1nnnc1Sc1nc(C(C)(C)C)c(Br)s1. The fraction of sp³-hybridized carbons (Fsp3) is 0.692. The summed E-state index contributed by atoms with van der Waals surface area (Å²) in [5, 5.41) is 12.8. The highest BCUT2D eigenvalue weighted by atomic mass is 79.9. The maximum absolute atomic E-state index is 4.72. The van der Waals surface area contributed by atoms with Crippen molar-refractivity contribution in [3.05, 3.63) is 9.48 Å². The van der Waals surface area contributed by atoms with Crippen LogP contribution in [0.25, 0.3) is 0 Å². The van der Waals surface area contributed by atoms with Gasteiger partial charge >= 0.3 is 0 Å². The van der Waals surface area contributed by atoms with E-state index in [2.05, 4.69) is 71.2 Å². The van der Waals surface area contributed by atoms with E-state index in [0.29, 0.717) is 0 Å². The van der Waals surface area contributed by atoms with Crippen molar-refractivity contribution < 1.29 is 0 Å². The summed E-state index contributed by atoms with van der Waals surface area (Å²) in [6.45, 7) is 8.30. The zero-order valence-corrected chi connectivity index (χ0v) is 16.7. The summed E-state index contributed by atoms with van der Waals surface area (Å²) in [6, 6.07) is 0. The molecule has 0 N–H and O–H groups in total. The van der Waals surface area contributed by atoms with Gasteiger partial charge in [-0.2, -0.15) is 0 Å². The van der Waals surface area contributed by atoms with Crippen LogP contribution in [0.2, 0.25) is 0 Å². The molecule has 2 heterocycles. The third kappa shape index (κ3) is 4.74.